The van der Waals surface area contributed by atoms with Crippen molar-refractivity contribution in [2.24, 2.45) is 0 Å². The molecule has 0 radical (unpaired) electrons. The summed E-state index contributed by atoms with van der Waals surface area (Å²) in [6.07, 6.45) is -1.80. The highest BCUT2D eigenvalue weighted by Gasteiger charge is 2.34. The van der Waals surface area contributed by atoms with Crippen molar-refractivity contribution in [3.8, 4) is 0 Å². The third-order valence-corrected chi connectivity index (χ3v) is 8.83. The SMILES string of the molecule is O=C(c1sccc1S(=O)(=O)N1CCCCC1)N1CCN(c2cccc(C(F)(F)F)c2)CC1. The standard InChI is InChI=1S/C21H24F3N3O3S2/c22-21(23,24)16-5-4-6-17(15-16)25-10-12-26(13-11-25)20(28)19-18(7-14-31-19)32(29,30)27-8-2-1-3-9-27/h4-7,14-15H,1-3,8-13H2. The number of halogens is 3. The Labute approximate surface area is 189 Å². The van der Waals surface area contributed by atoms with Gasteiger partial charge in [0.25, 0.3) is 5.91 Å². The number of rotatable bonds is 4. The van der Waals surface area contributed by atoms with Gasteiger partial charge in [-0.3, -0.25) is 4.79 Å². The summed E-state index contributed by atoms with van der Waals surface area (Å²) >= 11 is 1.11. The maximum Gasteiger partial charge on any atom is 0.416 e. The molecule has 0 atom stereocenters. The normalized spacial score (nSPS) is 18.7. The molecule has 174 valence electrons. The summed E-state index contributed by atoms with van der Waals surface area (Å²) in [7, 11) is -3.73. The van der Waals surface area contributed by atoms with E-state index in [4.69, 9.17) is 0 Å². The molecule has 6 nitrogen and oxygen atoms in total. The molecule has 1 aromatic carbocycles. The van der Waals surface area contributed by atoms with Crippen molar-refractivity contribution in [1.29, 1.82) is 0 Å². The fraction of sp³-hybridized carbons (Fsp3) is 0.476. The minimum atomic E-state index is -4.41. The van der Waals surface area contributed by atoms with Crippen LogP contribution in [0.3, 0.4) is 0 Å². The molecule has 2 fully saturated rings. The van der Waals surface area contributed by atoms with Gasteiger partial charge in [0.15, 0.2) is 0 Å². The largest absolute Gasteiger partial charge is 0.416 e. The third-order valence-electron chi connectivity index (χ3n) is 5.86. The minimum absolute atomic E-state index is 0.0507. The Hall–Kier alpha value is -2.11. The molecule has 0 N–H and O–H groups in total. The van der Waals surface area contributed by atoms with E-state index in [2.05, 4.69) is 0 Å². The van der Waals surface area contributed by atoms with Crippen LogP contribution in [-0.4, -0.2) is 62.8 Å². The van der Waals surface area contributed by atoms with E-state index in [0.29, 0.717) is 45.0 Å². The lowest BCUT2D eigenvalue weighted by atomic mass is 10.1. The predicted molar refractivity (Wildman–Crippen MR) is 116 cm³/mol. The summed E-state index contributed by atoms with van der Waals surface area (Å²) in [4.78, 5) is 16.8. The topological polar surface area (TPSA) is 60.9 Å². The summed E-state index contributed by atoms with van der Waals surface area (Å²) in [5.41, 5.74) is -0.254. The van der Waals surface area contributed by atoms with Crippen LogP contribution < -0.4 is 4.90 Å². The van der Waals surface area contributed by atoms with Gasteiger partial charge in [-0.2, -0.15) is 17.5 Å². The average molecular weight is 488 g/mol. The van der Waals surface area contributed by atoms with Crippen molar-refractivity contribution in [3.63, 3.8) is 0 Å². The second-order valence-corrected chi connectivity index (χ2v) is 10.7. The molecule has 3 heterocycles. The van der Waals surface area contributed by atoms with Gasteiger partial charge in [-0.1, -0.05) is 12.5 Å². The van der Waals surface area contributed by atoms with Crippen LogP contribution in [-0.2, 0) is 16.2 Å². The number of nitrogens with zero attached hydrogens (tertiary/aromatic N) is 3. The molecule has 2 aromatic rings. The summed E-state index contributed by atoms with van der Waals surface area (Å²) in [6.45, 7) is 2.26. The Balaban J connectivity index is 1.46. The lowest BCUT2D eigenvalue weighted by Gasteiger charge is -2.36. The van der Waals surface area contributed by atoms with Crippen molar-refractivity contribution in [2.75, 3.05) is 44.2 Å². The summed E-state index contributed by atoms with van der Waals surface area (Å²) in [5, 5.41) is 1.61. The highest BCUT2D eigenvalue weighted by molar-refractivity contribution is 7.89. The molecule has 0 aliphatic carbocycles. The van der Waals surface area contributed by atoms with E-state index >= 15 is 0 Å². The van der Waals surface area contributed by atoms with Gasteiger partial charge in [0, 0.05) is 45.0 Å². The molecule has 1 amide bonds. The number of piperazine rings is 1. The first-order chi connectivity index (χ1) is 15.2. The van der Waals surface area contributed by atoms with Gasteiger partial charge in [-0.25, -0.2) is 8.42 Å². The maximum atomic E-state index is 13.1. The number of hydrogen-bond donors (Lipinski definition) is 0. The van der Waals surface area contributed by atoms with Gasteiger partial charge in [-0.05, 0) is 42.5 Å². The van der Waals surface area contributed by atoms with Crippen molar-refractivity contribution in [2.45, 2.75) is 30.3 Å². The van der Waals surface area contributed by atoms with Crippen molar-refractivity contribution < 1.29 is 26.4 Å². The number of hydrogen-bond acceptors (Lipinski definition) is 5. The van der Waals surface area contributed by atoms with Gasteiger partial charge in [0.05, 0.1) is 5.56 Å². The first-order valence-corrected chi connectivity index (χ1v) is 12.8. The molecule has 0 bridgehead atoms. The number of anilines is 1. The monoisotopic (exact) mass is 487 g/mol. The van der Waals surface area contributed by atoms with E-state index in [9.17, 15) is 26.4 Å². The van der Waals surface area contributed by atoms with Gasteiger partial charge in [-0.15, -0.1) is 11.3 Å². The molecule has 2 saturated heterocycles. The van der Waals surface area contributed by atoms with E-state index in [1.165, 1.54) is 16.4 Å². The maximum absolute atomic E-state index is 13.1. The third kappa shape index (κ3) is 4.65. The first kappa shape index (κ1) is 23.1. The molecule has 0 spiro atoms. The molecular formula is C21H24F3N3O3S2. The summed E-state index contributed by atoms with van der Waals surface area (Å²) in [6, 6.07) is 6.62. The van der Waals surface area contributed by atoms with Crippen LogP contribution >= 0.6 is 11.3 Å². The fourth-order valence-corrected chi connectivity index (χ4v) is 6.97. The van der Waals surface area contributed by atoms with Crippen LogP contribution in [0.5, 0.6) is 0 Å². The molecule has 2 aliphatic heterocycles. The molecular weight excluding hydrogens is 463 g/mol. The van der Waals surface area contributed by atoms with Crippen molar-refractivity contribution in [3.05, 3.63) is 46.2 Å². The second kappa shape index (κ2) is 9.03. The van der Waals surface area contributed by atoms with Crippen LogP contribution in [0.2, 0.25) is 0 Å². The molecule has 32 heavy (non-hydrogen) atoms. The first-order valence-electron chi connectivity index (χ1n) is 10.5. The molecule has 2 aliphatic rings. The van der Waals surface area contributed by atoms with Crippen LogP contribution in [0.1, 0.15) is 34.5 Å². The number of thiophene rings is 1. The highest BCUT2D eigenvalue weighted by atomic mass is 32.2. The Morgan fingerprint density at radius 3 is 2.28 bits per heavy atom. The fourth-order valence-electron chi connectivity index (χ4n) is 4.09. The number of piperidine rings is 1. The number of sulfonamides is 1. The van der Waals surface area contributed by atoms with Crippen LogP contribution in [0.4, 0.5) is 18.9 Å². The lowest BCUT2D eigenvalue weighted by molar-refractivity contribution is -0.137. The van der Waals surface area contributed by atoms with Crippen LogP contribution in [0.25, 0.3) is 0 Å². The Bertz CT molecular complexity index is 1070. The van der Waals surface area contributed by atoms with Gasteiger partial charge in [0.2, 0.25) is 10.0 Å². The molecule has 0 saturated carbocycles. The highest BCUT2D eigenvalue weighted by Crippen LogP contribution is 2.32. The number of carbonyl (C=O) groups excluding carboxylic acids is 1. The Kier molecular flexibility index (Phi) is 6.51. The zero-order chi connectivity index (χ0) is 22.9. The lowest BCUT2D eigenvalue weighted by Crippen LogP contribution is -2.49. The van der Waals surface area contributed by atoms with Crippen molar-refractivity contribution >= 4 is 33.0 Å². The van der Waals surface area contributed by atoms with E-state index in [1.807, 2.05) is 0 Å². The summed E-state index contributed by atoms with van der Waals surface area (Å²) in [5.74, 6) is -0.348. The van der Waals surface area contributed by atoms with Gasteiger partial charge >= 0.3 is 6.18 Å². The van der Waals surface area contributed by atoms with Crippen molar-refractivity contribution in [1.82, 2.24) is 9.21 Å². The van der Waals surface area contributed by atoms with Crippen LogP contribution in [0, 0.1) is 0 Å². The molecule has 1 aromatic heterocycles. The number of benzene rings is 1. The predicted octanol–water partition coefficient (Wildman–Crippen LogP) is 3.90. The van der Waals surface area contributed by atoms with E-state index < -0.39 is 21.8 Å². The average Bonchev–Trinajstić information content (AvgIpc) is 3.30. The Morgan fingerprint density at radius 1 is 0.938 bits per heavy atom. The zero-order valence-corrected chi connectivity index (χ0v) is 19.0. The number of amides is 1. The summed E-state index contributed by atoms with van der Waals surface area (Å²) < 4.78 is 66.6. The zero-order valence-electron chi connectivity index (χ0n) is 17.3. The van der Waals surface area contributed by atoms with Crippen LogP contribution in [0.15, 0.2) is 40.6 Å². The van der Waals surface area contributed by atoms with E-state index in [0.717, 1.165) is 42.7 Å². The van der Waals surface area contributed by atoms with Gasteiger partial charge in [0.1, 0.15) is 9.77 Å². The number of carbonyl (C=O) groups is 1. The smallest absolute Gasteiger partial charge is 0.368 e. The van der Waals surface area contributed by atoms with Gasteiger partial charge < -0.3 is 9.80 Å². The van der Waals surface area contributed by atoms with E-state index in [1.54, 1.807) is 21.2 Å². The quantitative estimate of drug-likeness (QED) is 0.656. The second-order valence-electron chi connectivity index (χ2n) is 7.91. The molecule has 4 rings (SSSR count). The molecule has 11 heteroatoms. The minimum Gasteiger partial charge on any atom is -0.368 e. The molecule has 0 unspecified atom stereocenters. The number of alkyl halides is 3. The Morgan fingerprint density at radius 2 is 1.62 bits per heavy atom. The van der Waals surface area contributed by atoms with E-state index in [-0.39, 0.29) is 15.7 Å².